The number of halogens is 1. The molecule has 5 unspecified atom stereocenters. The van der Waals surface area contributed by atoms with Gasteiger partial charge < -0.3 is 31.6 Å². The molecule has 0 saturated heterocycles. The number of thiophene rings is 1. The summed E-state index contributed by atoms with van der Waals surface area (Å²) >= 11 is 4.14. The average Bonchev–Trinajstić information content (AvgIpc) is 1.65. The average molecular weight is 1770 g/mol. The van der Waals surface area contributed by atoms with Crippen LogP contribution in [-0.4, -0.2) is 121 Å². The number of esters is 2. The van der Waals surface area contributed by atoms with Crippen molar-refractivity contribution >= 4 is 111 Å². The lowest BCUT2D eigenvalue weighted by Crippen LogP contribution is -2.45. The molecule has 0 aromatic carbocycles. The second kappa shape index (κ2) is 51.4. The first-order valence-electron chi connectivity index (χ1n) is 42.9. The SMILES string of the molecule is CCCC[C@H](C)CC(/C=C/Cc1cccs1)O[Si](C)(C)C(C)(C)C.CCCC[C@H](C)CC(/C=C/I)O[Si](C)(C)C(C)(C)C.CCCC[C@H](C)CC(/C=C/[C@H]1C(O[Si](C)(C)C(C)(C)C)CC(=O)[C@@H]1CC(=O)CCCCC(=O)OC)O[Si](C)(C)C(C)(C)C.COC(=O)CCCCC(=O)CC1=CC(O[Si](C)(C)C(C)(C)C)CC1=O. The maximum Gasteiger partial charge on any atom is 0.305 e. The summed E-state index contributed by atoms with van der Waals surface area (Å²) in [7, 11) is -6.78. The monoisotopic (exact) mass is 1770 g/mol. The quantitative estimate of drug-likeness (QED) is 0.0199. The summed E-state index contributed by atoms with van der Waals surface area (Å²) in [6.07, 6.45) is 33.9. The van der Waals surface area contributed by atoms with Gasteiger partial charge in [0.2, 0.25) is 0 Å². The van der Waals surface area contributed by atoms with Gasteiger partial charge in [0.25, 0.3) is 0 Å². The lowest BCUT2D eigenvalue weighted by atomic mass is 9.87. The third-order valence-electron chi connectivity index (χ3n) is 24.7. The molecule has 3 rings (SSSR count). The van der Waals surface area contributed by atoms with Crippen LogP contribution in [0.5, 0.6) is 0 Å². The van der Waals surface area contributed by atoms with Gasteiger partial charge in [-0.25, -0.2) is 0 Å². The minimum atomic E-state index is -2.15. The van der Waals surface area contributed by atoms with E-state index in [4.69, 9.17) is 26.9 Å². The Bertz CT molecular complexity index is 2970. The molecule has 111 heavy (non-hydrogen) atoms. The normalized spacial score (nSPS) is 18.8. The summed E-state index contributed by atoms with van der Waals surface area (Å²) in [5.41, 5.74) is 0.585. The second-order valence-corrected chi connectivity index (χ2v) is 65.7. The zero-order chi connectivity index (χ0) is 85.8. The molecule has 2 aliphatic rings. The predicted molar refractivity (Wildman–Crippen MR) is 494 cm³/mol. The van der Waals surface area contributed by atoms with Crippen LogP contribution < -0.4 is 0 Å². The standard InChI is InChI=1S/C35H66O6Si2.C21H38OSSi.C19H32O5Si.C16H33IOSi/c1-14-15-18-26(2)23-28(40-42(10,11)34(3,4)5)21-22-29-30(24-27(36)19-16-17-20-33(38)39-9)31(37)25-32(29)41-43(12,13)35(6,7)8;1-8-9-12-18(2)17-19(22-24(6,7)21(3,4)5)13-10-14-20-15-11-16-23-20;1-19(2,3)25(5,6)24-16-12-14(17(21)13-16)11-15(20)9-7-8-10-18(22)23-4;1-8-9-10-14(2)13-15(11-12-17)18-19(6,7)16(3,4)5/h21-22,26,28-30,32H,14-20,23-25H2,1-13H3;10-11,13,15-16,18-19H,8-9,12,14,17H2,1-7H3;12,16H,7-11,13H2,1-6H3;11-12,14-15H,8-10,13H2,1-7H3/b22-21+;13-10+;;12-11+/t26-,28?,29+,30+,32?;18-,19?;;14-,15?/m00.0/s1. The van der Waals surface area contributed by atoms with Crippen molar-refractivity contribution in [2.45, 2.75) is 427 Å². The molecule has 644 valence electrons. The summed E-state index contributed by atoms with van der Waals surface area (Å²) in [5.74, 6) is 1.22. The zero-order valence-corrected chi connectivity index (χ0v) is 85.3. The first-order valence-corrected chi connectivity index (χ1v) is 59.5. The van der Waals surface area contributed by atoms with E-state index >= 15 is 0 Å². The number of methoxy groups -OCH3 is 2. The van der Waals surface area contributed by atoms with Crippen molar-refractivity contribution in [3.63, 3.8) is 0 Å². The fourth-order valence-electron chi connectivity index (χ4n) is 12.1. The molecule has 1 aromatic heterocycles. The molecule has 0 N–H and O–H groups in total. The van der Waals surface area contributed by atoms with E-state index in [0.29, 0.717) is 81.8 Å². The van der Waals surface area contributed by atoms with Gasteiger partial charge in [0, 0.05) is 73.7 Å². The lowest BCUT2D eigenvalue weighted by Gasteiger charge is -2.40. The summed E-state index contributed by atoms with van der Waals surface area (Å²) in [6, 6.07) is 4.34. The van der Waals surface area contributed by atoms with Crippen LogP contribution in [0.3, 0.4) is 0 Å². The van der Waals surface area contributed by atoms with Crippen LogP contribution in [0.15, 0.2) is 63.6 Å². The van der Waals surface area contributed by atoms with Crippen molar-refractivity contribution in [3.8, 4) is 0 Å². The Morgan fingerprint density at radius 1 is 0.523 bits per heavy atom. The largest absolute Gasteiger partial charge is 0.469 e. The van der Waals surface area contributed by atoms with Crippen molar-refractivity contribution in [2.24, 2.45) is 29.6 Å². The van der Waals surface area contributed by atoms with Crippen LogP contribution in [0, 0.1) is 29.6 Å². The Kier molecular flexibility index (Phi) is 50.4. The first kappa shape index (κ1) is 109. The molecule has 0 radical (unpaired) electrons. The summed E-state index contributed by atoms with van der Waals surface area (Å²) in [6.45, 7) is 70.5. The third-order valence-corrected chi connectivity index (χ3v) is 48.5. The number of unbranched alkanes of at least 4 members (excludes halogenated alkanes) is 5. The number of carbonyl (C=O) groups is 6. The molecule has 10 atom stereocenters. The van der Waals surface area contributed by atoms with Gasteiger partial charge in [-0.2, -0.15) is 0 Å². The van der Waals surface area contributed by atoms with Gasteiger partial charge in [-0.05, 0) is 181 Å². The minimum Gasteiger partial charge on any atom is -0.469 e. The Hall–Kier alpha value is -2.11. The van der Waals surface area contributed by atoms with Crippen molar-refractivity contribution in [1.29, 1.82) is 0 Å². The fraction of sp³-hybridized carbons (Fsp3) is 0.802. The molecule has 0 aliphatic heterocycles. The highest BCUT2D eigenvalue weighted by atomic mass is 127. The van der Waals surface area contributed by atoms with Crippen LogP contribution in [0.1, 0.15) is 304 Å². The van der Waals surface area contributed by atoms with E-state index < -0.39 is 41.6 Å². The number of hydrogen-bond donors (Lipinski definition) is 0. The third kappa shape index (κ3) is 43.4. The van der Waals surface area contributed by atoms with Crippen LogP contribution in [0.4, 0.5) is 0 Å². The van der Waals surface area contributed by atoms with Gasteiger partial charge in [0.15, 0.2) is 47.4 Å². The smallest absolute Gasteiger partial charge is 0.305 e. The number of allylic oxidation sites excluding steroid dienone is 2. The van der Waals surface area contributed by atoms with Crippen molar-refractivity contribution in [1.82, 2.24) is 0 Å². The lowest BCUT2D eigenvalue weighted by molar-refractivity contribution is -0.141. The number of rotatable bonds is 45. The molecule has 20 heteroatoms. The topological polar surface area (TPSA) is 167 Å². The van der Waals surface area contributed by atoms with Crippen LogP contribution in [-0.2, 0) is 66.8 Å². The molecular weight excluding hydrogens is 1600 g/mol. The highest BCUT2D eigenvalue weighted by Gasteiger charge is 2.49. The van der Waals surface area contributed by atoms with E-state index in [9.17, 15) is 28.8 Å². The number of carbonyl (C=O) groups excluding carboxylic acids is 6. The Morgan fingerprint density at radius 3 is 1.29 bits per heavy atom. The highest BCUT2D eigenvalue weighted by Crippen LogP contribution is 2.46. The summed E-state index contributed by atoms with van der Waals surface area (Å²) in [4.78, 5) is 74.7. The van der Waals surface area contributed by atoms with Crippen LogP contribution >= 0.6 is 33.9 Å². The van der Waals surface area contributed by atoms with E-state index in [-0.39, 0.29) is 109 Å². The molecule has 1 heterocycles. The van der Waals surface area contributed by atoms with E-state index in [1.165, 1.54) is 76.9 Å². The highest BCUT2D eigenvalue weighted by molar-refractivity contribution is 14.1. The molecule has 1 saturated carbocycles. The Morgan fingerprint density at radius 2 is 0.910 bits per heavy atom. The molecule has 1 fully saturated rings. The number of hydrogen-bond acceptors (Lipinski definition) is 14. The van der Waals surface area contributed by atoms with Crippen LogP contribution in [0.2, 0.25) is 90.7 Å². The molecule has 13 nitrogen and oxygen atoms in total. The van der Waals surface area contributed by atoms with E-state index in [0.717, 1.165) is 37.5 Å². The van der Waals surface area contributed by atoms with Crippen LogP contribution in [0.25, 0.3) is 0 Å². The van der Waals surface area contributed by atoms with Crippen molar-refractivity contribution in [3.05, 3.63) is 68.5 Å². The molecule has 1 aromatic rings. The zero-order valence-electron chi connectivity index (χ0n) is 77.3. The number of ketones is 4. The van der Waals surface area contributed by atoms with Crippen molar-refractivity contribution in [2.75, 3.05) is 14.2 Å². The maximum atomic E-state index is 13.5. The fourth-order valence-corrected chi connectivity index (χ4v) is 19.7. The summed E-state index contributed by atoms with van der Waals surface area (Å²) < 4.78 is 44.8. The molecular formula is C91H169IO13SSi5. The van der Waals surface area contributed by atoms with Gasteiger partial charge in [0.1, 0.15) is 17.3 Å². The Labute approximate surface area is 705 Å². The van der Waals surface area contributed by atoms with Gasteiger partial charge in [0.05, 0.1) is 44.7 Å². The summed E-state index contributed by atoms with van der Waals surface area (Å²) in [5, 5.41) is 2.89. The first-order chi connectivity index (χ1) is 50.9. The molecule has 0 bridgehead atoms. The number of ether oxygens (including phenoxy) is 2. The predicted octanol–water partition coefficient (Wildman–Crippen LogP) is 27.4. The van der Waals surface area contributed by atoms with Gasteiger partial charge in [-0.15, -0.1) is 11.3 Å². The van der Waals surface area contributed by atoms with Gasteiger partial charge in [-0.3, -0.25) is 28.8 Å². The molecule has 2 aliphatic carbocycles. The second-order valence-electron chi connectivity index (χ2n) is 40.1. The van der Waals surface area contributed by atoms with E-state index in [2.05, 4.69) is 290 Å². The van der Waals surface area contributed by atoms with Gasteiger partial charge in [-0.1, -0.05) is 262 Å². The molecule has 0 spiro atoms. The van der Waals surface area contributed by atoms with E-state index in [1.54, 1.807) is 0 Å². The van der Waals surface area contributed by atoms with Gasteiger partial charge >= 0.3 is 11.9 Å². The maximum absolute atomic E-state index is 13.5. The Balaban J connectivity index is 0.00000153. The number of Topliss-reactive ketones (excluding diaryl/α,β-unsaturated/α-hetero) is 4. The van der Waals surface area contributed by atoms with E-state index in [1.807, 2.05) is 17.4 Å². The minimum absolute atomic E-state index is 0.0144. The van der Waals surface area contributed by atoms with Crippen molar-refractivity contribution < 1.29 is 60.4 Å². The molecule has 0 amide bonds.